The maximum absolute atomic E-state index is 5.80. The number of rotatable bonds is 4. The fraction of sp³-hybridized carbons (Fsp3) is 0.455. The molecule has 0 saturated carbocycles. The van der Waals surface area contributed by atoms with E-state index in [1.807, 2.05) is 19.1 Å². The van der Waals surface area contributed by atoms with Gasteiger partial charge in [0.2, 0.25) is 5.75 Å². The van der Waals surface area contributed by atoms with E-state index in [9.17, 15) is 0 Å². The molecule has 1 atom stereocenters. The van der Waals surface area contributed by atoms with Crippen molar-refractivity contribution in [3.63, 3.8) is 0 Å². The summed E-state index contributed by atoms with van der Waals surface area (Å²) in [6.07, 6.45) is 0. The summed E-state index contributed by atoms with van der Waals surface area (Å²) in [5.41, 5.74) is 6.75. The Balaban J connectivity index is 0.00000225. The van der Waals surface area contributed by atoms with E-state index in [0.29, 0.717) is 17.2 Å². The lowest BCUT2D eigenvalue weighted by atomic mass is 10.1. The minimum atomic E-state index is -0.0706. The number of hydrogen-bond acceptors (Lipinski definition) is 4. The molecule has 92 valence electrons. The first-order valence-corrected chi connectivity index (χ1v) is 4.69. The van der Waals surface area contributed by atoms with Crippen molar-refractivity contribution in [1.82, 2.24) is 0 Å². The summed E-state index contributed by atoms with van der Waals surface area (Å²) in [6.45, 7) is 1.90. The predicted octanol–water partition coefficient (Wildman–Crippen LogP) is 2.15. The van der Waals surface area contributed by atoms with E-state index in [2.05, 4.69) is 0 Å². The normalized spacial score (nSPS) is 11.3. The zero-order valence-corrected chi connectivity index (χ0v) is 10.8. The number of benzene rings is 1. The first kappa shape index (κ1) is 14.9. The first-order chi connectivity index (χ1) is 7.13. The van der Waals surface area contributed by atoms with E-state index >= 15 is 0 Å². The van der Waals surface area contributed by atoms with Gasteiger partial charge in [0.15, 0.2) is 11.5 Å². The minimum absolute atomic E-state index is 0. The van der Waals surface area contributed by atoms with Gasteiger partial charge in [-0.05, 0) is 24.6 Å². The van der Waals surface area contributed by atoms with Crippen molar-refractivity contribution in [3.8, 4) is 17.2 Å². The molecule has 1 aromatic carbocycles. The highest BCUT2D eigenvalue weighted by Crippen LogP contribution is 2.39. The van der Waals surface area contributed by atoms with Crippen molar-refractivity contribution in [1.29, 1.82) is 0 Å². The quantitative estimate of drug-likeness (QED) is 0.886. The van der Waals surface area contributed by atoms with Gasteiger partial charge >= 0.3 is 0 Å². The van der Waals surface area contributed by atoms with Crippen LogP contribution in [0.3, 0.4) is 0 Å². The molecule has 1 aromatic rings. The summed E-state index contributed by atoms with van der Waals surface area (Å²) in [4.78, 5) is 0. The predicted molar refractivity (Wildman–Crippen MR) is 65.9 cm³/mol. The van der Waals surface area contributed by atoms with Gasteiger partial charge in [-0.2, -0.15) is 0 Å². The van der Waals surface area contributed by atoms with Gasteiger partial charge in [-0.25, -0.2) is 0 Å². The molecule has 5 heteroatoms. The first-order valence-electron chi connectivity index (χ1n) is 4.69. The molecular formula is C11H18ClNO3. The van der Waals surface area contributed by atoms with Crippen molar-refractivity contribution in [3.05, 3.63) is 17.7 Å². The number of methoxy groups -OCH3 is 3. The van der Waals surface area contributed by atoms with Gasteiger partial charge in [-0.15, -0.1) is 12.4 Å². The lowest BCUT2D eigenvalue weighted by Crippen LogP contribution is -2.06. The van der Waals surface area contributed by atoms with Gasteiger partial charge in [-0.1, -0.05) is 0 Å². The van der Waals surface area contributed by atoms with Crippen molar-refractivity contribution in [2.45, 2.75) is 13.0 Å². The average molecular weight is 248 g/mol. The Morgan fingerprint density at radius 3 is 1.69 bits per heavy atom. The average Bonchev–Trinajstić information content (AvgIpc) is 2.26. The Morgan fingerprint density at radius 2 is 1.44 bits per heavy atom. The van der Waals surface area contributed by atoms with E-state index in [1.54, 1.807) is 21.3 Å². The highest BCUT2D eigenvalue weighted by atomic mass is 35.5. The zero-order valence-electron chi connectivity index (χ0n) is 9.94. The topological polar surface area (TPSA) is 53.7 Å². The molecule has 0 saturated heterocycles. The molecular weight excluding hydrogens is 230 g/mol. The fourth-order valence-electron chi connectivity index (χ4n) is 1.36. The van der Waals surface area contributed by atoms with Crippen molar-refractivity contribution < 1.29 is 14.2 Å². The Labute approximate surface area is 102 Å². The summed E-state index contributed by atoms with van der Waals surface area (Å²) in [5.74, 6) is 1.85. The van der Waals surface area contributed by atoms with E-state index in [0.717, 1.165) is 5.56 Å². The molecule has 0 bridgehead atoms. The van der Waals surface area contributed by atoms with E-state index in [1.165, 1.54) is 0 Å². The number of halogens is 1. The highest BCUT2D eigenvalue weighted by Gasteiger charge is 2.14. The SMILES string of the molecule is COc1cc([C@@H](C)N)cc(OC)c1OC.Cl. The van der Waals surface area contributed by atoms with Crippen molar-refractivity contribution in [2.24, 2.45) is 5.73 Å². The van der Waals surface area contributed by atoms with Gasteiger partial charge in [0, 0.05) is 6.04 Å². The molecule has 16 heavy (non-hydrogen) atoms. The smallest absolute Gasteiger partial charge is 0.203 e. The van der Waals surface area contributed by atoms with Gasteiger partial charge in [-0.3, -0.25) is 0 Å². The van der Waals surface area contributed by atoms with Crippen LogP contribution >= 0.6 is 12.4 Å². The second-order valence-electron chi connectivity index (χ2n) is 3.25. The Morgan fingerprint density at radius 1 is 1.00 bits per heavy atom. The van der Waals surface area contributed by atoms with Crippen molar-refractivity contribution >= 4 is 12.4 Å². The molecule has 0 aliphatic heterocycles. The monoisotopic (exact) mass is 247 g/mol. The standard InChI is InChI=1S/C11H17NO3.ClH/c1-7(12)8-5-9(13-2)11(15-4)10(6-8)14-3;/h5-7H,12H2,1-4H3;1H/t7-;/m1./s1. The summed E-state index contributed by atoms with van der Waals surface area (Å²) in [5, 5.41) is 0. The van der Waals surface area contributed by atoms with Gasteiger partial charge in [0.05, 0.1) is 21.3 Å². The fourth-order valence-corrected chi connectivity index (χ4v) is 1.36. The largest absolute Gasteiger partial charge is 0.493 e. The summed E-state index contributed by atoms with van der Waals surface area (Å²) < 4.78 is 15.6. The molecule has 2 N–H and O–H groups in total. The molecule has 0 aliphatic rings. The molecule has 0 fully saturated rings. The third-order valence-corrected chi connectivity index (χ3v) is 2.21. The third-order valence-electron chi connectivity index (χ3n) is 2.21. The second kappa shape index (κ2) is 6.45. The highest BCUT2D eigenvalue weighted by molar-refractivity contribution is 5.85. The minimum Gasteiger partial charge on any atom is -0.493 e. The molecule has 0 radical (unpaired) electrons. The van der Waals surface area contributed by atoms with Crippen LogP contribution in [-0.4, -0.2) is 21.3 Å². The van der Waals surface area contributed by atoms with Crippen LogP contribution in [0.25, 0.3) is 0 Å². The Kier molecular flexibility index (Phi) is 6.00. The van der Waals surface area contributed by atoms with Crippen LogP contribution in [0, 0.1) is 0 Å². The van der Waals surface area contributed by atoms with E-state index in [4.69, 9.17) is 19.9 Å². The lowest BCUT2D eigenvalue weighted by Gasteiger charge is -2.15. The molecule has 0 heterocycles. The van der Waals surface area contributed by atoms with Gasteiger partial charge in [0.1, 0.15) is 0 Å². The molecule has 0 spiro atoms. The van der Waals surface area contributed by atoms with Crippen LogP contribution in [0.5, 0.6) is 17.2 Å². The molecule has 0 unspecified atom stereocenters. The zero-order chi connectivity index (χ0) is 11.4. The van der Waals surface area contributed by atoms with E-state index < -0.39 is 0 Å². The van der Waals surface area contributed by atoms with Crippen LogP contribution in [0.1, 0.15) is 18.5 Å². The van der Waals surface area contributed by atoms with Crippen LogP contribution in [0.2, 0.25) is 0 Å². The van der Waals surface area contributed by atoms with Crippen LogP contribution in [0.4, 0.5) is 0 Å². The van der Waals surface area contributed by atoms with E-state index in [-0.39, 0.29) is 18.4 Å². The molecule has 0 aliphatic carbocycles. The Hall–Kier alpha value is -1.13. The molecule has 0 amide bonds. The number of hydrogen-bond donors (Lipinski definition) is 1. The summed E-state index contributed by atoms with van der Waals surface area (Å²) in [6, 6.07) is 3.64. The van der Waals surface area contributed by atoms with Gasteiger partial charge in [0.25, 0.3) is 0 Å². The van der Waals surface area contributed by atoms with Crippen LogP contribution in [0.15, 0.2) is 12.1 Å². The van der Waals surface area contributed by atoms with Crippen LogP contribution < -0.4 is 19.9 Å². The Bertz CT molecular complexity index is 317. The number of ether oxygens (including phenoxy) is 3. The second-order valence-corrected chi connectivity index (χ2v) is 3.25. The maximum Gasteiger partial charge on any atom is 0.203 e. The molecule has 0 aromatic heterocycles. The molecule has 4 nitrogen and oxygen atoms in total. The van der Waals surface area contributed by atoms with Gasteiger partial charge < -0.3 is 19.9 Å². The summed E-state index contributed by atoms with van der Waals surface area (Å²) in [7, 11) is 4.75. The van der Waals surface area contributed by atoms with Crippen molar-refractivity contribution in [2.75, 3.05) is 21.3 Å². The van der Waals surface area contributed by atoms with Crippen LogP contribution in [-0.2, 0) is 0 Å². The lowest BCUT2D eigenvalue weighted by molar-refractivity contribution is 0.323. The number of nitrogens with two attached hydrogens (primary N) is 1. The molecule has 1 rings (SSSR count). The summed E-state index contributed by atoms with van der Waals surface area (Å²) >= 11 is 0. The maximum atomic E-state index is 5.80. The third kappa shape index (κ3) is 2.93.